The van der Waals surface area contributed by atoms with Crippen molar-refractivity contribution in [1.82, 2.24) is 0 Å². The van der Waals surface area contributed by atoms with E-state index in [-0.39, 0.29) is 10.6 Å². The molecule has 0 saturated carbocycles. The van der Waals surface area contributed by atoms with E-state index in [0.29, 0.717) is 5.56 Å². The molecular weight excluding hydrogens is 334 g/mol. The number of rotatable bonds is 2. The second-order valence-corrected chi connectivity index (χ2v) is 6.59. The van der Waals surface area contributed by atoms with Crippen LogP contribution in [0.4, 0.5) is 5.69 Å². The van der Waals surface area contributed by atoms with Crippen molar-refractivity contribution >= 4 is 38.0 Å². The number of fused-ring (bicyclic) bond motifs is 6. The lowest BCUT2D eigenvalue weighted by atomic mass is 9.89. The molecule has 0 atom stereocenters. The van der Waals surface area contributed by atoms with E-state index in [2.05, 4.69) is 30.3 Å². The standard InChI is InChI=1S/C24H15NO2/c26-25(27)23-15-6-5-11-19(23)22-14-7-13-21-18-9-2-1-8-16(18)17-10-3-4-12-20(17)24(21)22/h1-15H. The Kier molecular flexibility index (Phi) is 3.41. The predicted molar refractivity (Wildman–Crippen MR) is 111 cm³/mol. The Morgan fingerprint density at radius 1 is 0.519 bits per heavy atom. The van der Waals surface area contributed by atoms with Crippen LogP contribution in [0.15, 0.2) is 91.0 Å². The molecule has 0 unspecified atom stereocenters. The Balaban J connectivity index is 2.05. The van der Waals surface area contributed by atoms with Gasteiger partial charge in [-0.05, 0) is 43.9 Å². The van der Waals surface area contributed by atoms with Gasteiger partial charge in [-0.1, -0.05) is 78.9 Å². The zero-order valence-electron chi connectivity index (χ0n) is 14.4. The van der Waals surface area contributed by atoms with Crippen LogP contribution in [0.3, 0.4) is 0 Å². The van der Waals surface area contributed by atoms with Crippen molar-refractivity contribution in [1.29, 1.82) is 0 Å². The molecule has 0 aliphatic carbocycles. The highest BCUT2D eigenvalue weighted by Gasteiger charge is 2.18. The third-order valence-electron chi connectivity index (χ3n) is 5.16. The highest BCUT2D eigenvalue weighted by Crippen LogP contribution is 2.42. The number of nitrogens with zero attached hydrogens (tertiary/aromatic N) is 1. The Morgan fingerprint density at radius 3 is 1.59 bits per heavy atom. The number of benzene rings is 5. The molecule has 0 radical (unpaired) electrons. The van der Waals surface area contributed by atoms with Crippen LogP contribution >= 0.6 is 0 Å². The van der Waals surface area contributed by atoms with Gasteiger partial charge in [-0.25, -0.2) is 0 Å². The maximum absolute atomic E-state index is 11.6. The lowest BCUT2D eigenvalue weighted by molar-refractivity contribution is -0.384. The lowest BCUT2D eigenvalue weighted by Crippen LogP contribution is -1.93. The average molecular weight is 349 g/mol. The summed E-state index contributed by atoms with van der Waals surface area (Å²) in [5.74, 6) is 0. The van der Waals surface area contributed by atoms with Gasteiger partial charge >= 0.3 is 0 Å². The van der Waals surface area contributed by atoms with Gasteiger partial charge in [-0.3, -0.25) is 10.1 Å². The highest BCUT2D eigenvalue weighted by atomic mass is 16.6. The van der Waals surface area contributed by atoms with Gasteiger partial charge in [0.25, 0.3) is 5.69 Å². The van der Waals surface area contributed by atoms with E-state index in [1.54, 1.807) is 12.1 Å². The first-order chi connectivity index (χ1) is 13.3. The summed E-state index contributed by atoms with van der Waals surface area (Å²) < 4.78 is 0. The first-order valence-corrected chi connectivity index (χ1v) is 8.81. The highest BCUT2D eigenvalue weighted by molar-refractivity contribution is 6.28. The van der Waals surface area contributed by atoms with Gasteiger partial charge in [0, 0.05) is 6.07 Å². The number of hydrogen-bond donors (Lipinski definition) is 0. The minimum atomic E-state index is -0.308. The van der Waals surface area contributed by atoms with Crippen LogP contribution in [-0.2, 0) is 0 Å². The summed E-state index contributed by atoms with van der Waals surface area (Å²) in [5.41, 5.74) is 1.66. The summed E-state index contributed by atoms with van der Waals surface area (Å²) in [7, 11) is 0. The van der Waals surface area contributed by atoms with Gasteiger partial charge in [0.2, 0.25) is 0 Å². The maximum atomic E-state index is 11.6. The van der Waals surface area contributed by atoms with Crippen molar-refractivity contribution in [3.63, 3.8) is 0 Å². The third kappa shape index (κ3) is 2.29. The molecule has 0 aliphatic heterocycles. The topological polar surface area (TPSA) is 43.1 Å². The molecule has 3 nitrogen and oxygen atoms in total. The van der Waals surface area contributed by atoms with E-state index in [1.165, 1.54) is 5.39 Å². The predicted octanol–water partition coefficient (Wildman–Crippen LogP) is 6.72. The largest absolute Gasteiger partial charge is 0.277 e. The molecule has 0 aliphatic rings. The van der Waals surface area contributed by atoms with Crippen molar-refractivity contribution in [2.75, 3.05) is 0 Å². The fourth-order valence-corrected chi connectivity index (χ4v) is 4.04. The van der Waals surface area contributed by atoms with E-state index >= 15 is 0 Å². The summed E-state index contributed by atoms with van der Waals surface area (Å²) in [6.07, 6.45) is 0. The molecule has 0 aromatic heterocycles. The van der Waals surface area contributed by atoms with Crippen molar-refractivity contribution in [2.24, 2.45) is 0 Å². The normalized spacial score (nSPS) is 11.3. The summed E-state index contributed by atoms with van der Waals surface area (Å²) in [6, 6.07) is 29.6. The molecule has 5 rings (SSSR count). The van der Waals surface area contributed by atoms with Crippen LogP contribution < -0.4 is 0 Å². The average Bonchev–Trinajstić information content (AvgIpc) is 2.73. The van der Waals surface area contributed by atoms with Gasteiger partial charge in [0.15, 0.2) is 0 Å². The summed E-state index contributed by atoms with van der Waals surface area (Å²) in [5, 5.41) is 18.4. The Hall–Kier alpha value is -3.72. The Bertz CT molecular complexity index is 1310. The van der Waals surface area contributed by atoms with Crippen molar-refractivity contribution in [2.45, 2.75) is 0 Å². The van der Waals surface area contributed by atoms with E-state index in [1.807, 2.05) is 48.5 Å². The molecule has 0 heterocycles. The summed E-state index contributed by atoms with van der Waals surface area (Å²) in [4.78, 5) is 11.3. The first-order valence-electron chi connectivity index (χ1n) is 8.81. The zero-order chi connectivity index (χ0) is 18.4. The van der Waals surface area contributed by atoms with E-state index in [9.17, 15) is 10.1 Å². The van der Waals surface area contributed by atoms with Crippen molar-refractivity contribution < 1.29 is 4.92 Å². The molecule has 0 amide bonds. The number of hydrogen-bond acceptors (Lipinski definition) is 2. The van der Waals surface area contributed by atoms with Gasteiger partial charge in [0.05, 0.1) is 10.5 Å². The molecule has 5 aromatic carbocycles. The molecule has 0 N–H and O–H groups in total. The van der Waals surface area contributed by atoms with Gasteiger partial charge in [0.1, 0.15) is 0 Å². The Morgan fingerprint density at radius 2 is 0.963 bits per heavy atom. The molecule has 0 bridgehead atoms. The summed E-state index contributed by atoms with van der Waals surface area (Å²) in [6.45, 7) is 0. The minimum Gasteiger partial charge on any atom is -0.258 e. The smallest absolute Gasteiger partial charge is 0.258 e. The molecule has 0 saturated heterocycles. The van der Waals surface area contributed by atoms with E-state index in [4.69, 9.17) is 0 Å². The minimum absolute atomic E-state index is 0.127. The van der Waals surface area contributed by atoms with Crippen LogP contribution in [0.1, 0.15) is 0 Å². The van der Waals surface area contributed by atoms with Crippen LogP contribution in [-0.4, -0.2) is 4.92 Å². The quantitative estimate of drug-likeness (QED) is 0.202. The van der Waals surface area contributed by atoms with Gasteiger partial charge < -0.3 is 0 Å². The van der Waals surface area contributed by atoms with Crippen LogP contribution in [0, 0.1) is 10.1 Å². The number of nitro benzene ring substituents is 1. The molecule has 0 fully saturated rings. The molecule has 5 aromatic rings. The van der Waals surface area contributed by atoms with Crippen molar-refractivity contribution in [3.05, 3.63) is 101 Å². The monoisotopic (exact) mass is 349 g/mol. The molecular formula is C24H15NO2. The molecule has 128 valence electrons. The third-order valence-corrected chi connectivity index (χ3v) is 5.16. The van der Waals surface area contributed by atoms with Crippen molar-refractivity contribution in [3.8, 4) is 11.1 Å². The van der Waals surface area contributed by atoms with Crippen LogP contribution in [0.5, 0.6) is 0 Å². The SMILES string of the molecule is O=[N+]([O-])c1ccccc1-c1cccc2c3ccccc3c3ccccc3c12. The Labute approximate surface area is 155 Å². The number of nitro groups is 1. The fourth-order valence-electron chi connectivity index (χ4n) is 4.04. The second-order valence-electron chi connectivity index (χ2n) is 6.59. The lowest BCUT2D eigenvalue weighted by Gasteiger charge is -2.14. The second kappa shape index (κ2) is 5.92. The van der Waals surface area contributed by atoms with Crippen LogP contribution in [0.2, 0.25) is 0 Å². The molecule has 3 heteroatoms. The fraction of sp³-hybridized carbons (Fsp3) is 0. The molecule has 27 heavy (non-hydrogen) atoms. The maximum Gasteiger partial charge on any atom is 0.277 e. The van der Waals surface area contributed by atoms with Gasteiger partial charge in [-0.2, -0.15) is 0 Å². The zero-order valence-corrected chi connectivity index (χ0v) is 14.4. The van der Waals surface area contributed by atoms with Crippen LogP contribution in [0.25, 0.3) is 43.4 Å². The van der Waals surface area contributed by atoms with Gasteiger partial charge in [-0.15, -0.1) is 0 Å². The molecule has 0 spiro atoms. The summed E-state index contributed by atoms with van der Waals surface area (Å²) >= 11 is 0. The van der Waals surface area contributed by atoms with E-state index < -0.39 is 0 Å². The first kappa shape index (κ1) is 15.5. The number of para-hydroxylation sites is 1. The van der Waals surface area contributed by atoms with E-state index in [0.717, 1.165) is 32.5 Å².